The summed E-state index contributed by atoms with van der Waals surface area (Å²) in [5.74, 6) is 0.616. The smallest absolute Gasteiger partial charge is 0.319 e. The first-order chi connectivity index (χ1) is 8.95. The highest BCUT2D eigenvalue weighted by molar-refractivity contribution is 5.91. The van der Waals surface area contributed by atoms with Crippen molar-refractivity contribution < 1.29 is 14.6 Å². The Morgan fingerprint density at radius 3 is 2.68 bits per heavy atom. The number of carbonyl (C=O) groups excluding carboxylic acids is 1. The van der Waals surface area contributed by atoms with Gasteiger partial charge in [0, 0.05) is 11.5 Å². The summed E-state index contributed by atoms with van der Waals surface area (Å²) in [5, 5.41) is 15.3. The first-order valence-corrected chi connectivity index (χ1v) is 6.33. The molecule has 0 spiro atoms. The van der Waals surface area contributed by atoms with Crippen molar-refractivity contribution in [1.29, 1.82) is 0 Å². The van der Waals surface area contributed by atoms with Crippen molar-refractivity contribution in [3.05, 3.63) is 24.3 Å². The quantitative estimate of drug-likeness (QED) is 0.781. The summed E-state index contributed by atoms with van der Waals surface area (Å²) in [5.41, 5.74) is 0.346. The van der Waals surface area contributed by atoms with Gasteiger partial charge in [0.15, 0.2) is 0 Å². The molecule has 1 aromatic rings. The molecular weight excluding hydrogens is 244 g/mol. The second kappa shape index (κ2) is 5.09. The van der Waals surface area contributed by atoms with Crippen molar-refractivity contribution in [2.24, 2.45) is 5.41 Å². The number of hydrogen-bond donors (Lipinski definition) is 3. The summed E-state index contributed by atoms with van der Waals surface area (Å²) >= 11 is 0. The lowest BCUT2D eigenvalue weighted by Crippen LogP contribution is -2.61. The third kappa shape index (κ3) is 2.66. The van der Waals surface area contributed by atoms with Gasteiger partial charge in [-0.3, -0.25) is 0 Å². The van der Waals surface area contributed by atoms with Gasteiger partial charge in [0.2, 0.25) is 0 Å². The molecular formula is C14H20N2O3. The molecule has 0 saturated heterocycles. The third-order valence-electron chi connectivity index (χ3n) is 3.88. The molecule has 1 saturated carbocycles. The van der Waals surface area contributed by atoms with Crippen molar-refractivity contribution in [3.8, 4) is 5.75 Å². The topological polar surface area (TPSA) is 70.6 Å². The molecule has 1 fully saturated rings. The van der Waals surface area contributed by atoms with E-state index in [-0.39, 0.29) is 23.6 Å². The molecule has 0 radical (unpaired) electrons. The largest absolute Gasteiger partial charge is 0.495 e. The molecule has 1 aliphatic carbocycles. The lowest BCUT2D eigenvalue weighted by atomic mass is 9.65. The van der Waals surface area contributed by atoms with Crippen LogP contribution in [0.15, 0.2) is 24.3 Å². The zero-order valence-corrected chi connectivity index (χ0v) is 11.4. The third-order valence-corrected chi connectivity index (χ3v) is 3.88. The van der Waals surface area contributed by atoms with Crippen molar-refractivity contribution >= 4 is 11.7 Å². The summed E-state index contributed by atoms with van der Waals surface area (Å²) in [6.07, 6.45) is 0.232. The van der Waals surface area contributed by atoms with E-state index in [0.29, 0.717) is 17.9 Å². The number of nitrogens with one attached hydrogen (secondary N) is 2. The van der Waals surface area contributed by atoms with E-state index in [2.05, 4.69) is 10.6 Å². The molecule has 0 heterocycles. The summed E-state index contributed by atoms with van der Waals surface area (Å²) in [4.78, 5) is 11.9. The van der Waals surface area contributed by atoms with Crippen LogP contribution in [0.5, 0.6) is 5.75 Å². The van der Waals surface area contributed by atoms with E-state index in [9.17, 15) is 9.90 Å². The molecule has 104 valence electrons. The molecule has 2 amide bonds. The van der Waals surface area contributed by atoms with Crippen molar-refractivity contribution in [1.82, 2.24) is 5.32 Å². The zero-order chi connectivity index (χ0) is 14.0. The number of anilines is 1. The Morgan fingerprint density at radius 1 is 1.42 bits per heavy atom. The van der Waals surface area contributed by atoms with Crippen molar-refractivity contribution in [2.45, 2.75) is 32.4 Å². The van der Waals surface area contributed by atoms with Crippen LogP contribution in [-0.4, -0.2) is 30.4 Å². The van der Waals surface area contributed by atoms with Gasteiger partial charge in [-0.05, 0) is 18.6 Å². The number of aliphatic hydroxyl groups excluding tert-OH is 1. The van der Waals surface area contributed by atoms with E-state index >= 15 is 0 Å². The van der Waals surface area contributed by atoms with E-state index in [1.807, 2.05) is 26.0 Å². The summed E-state index contributed by atoms with van der Waals surface area (Å²) in [7, 11) is 1.56. The average Bonchev–Trinajstić information content (AvgIpc) is 2.39. The molecule has 2 rings (SSSR count). The minimum atomic E-state index is -0.357. The Bertz CT molecular complexity index is 474. The number of urea groups is 1. The fourth-order valence-corrected chi connectivity index (χ4v) is 2.21. The fourth-order valence-electron chi connectivity index (χ4n) is 2.21. The Morgan fingerprint density at radius 2 is 2.11 bits per heavy atom. The van der Waals surface area contributed by atoms with Crippen molar-refractivity contribution in [2.75, 3.05) is 12.4 Å². The van der Waals surface area contributed by atoms with E-state index < -0.39 is 0 Å². The minimum Gasteiger partial charge on any atom is -0.495 e. The predicted octanol–water partition coefficient (Wildman–Crippen LogP) is 1.98. The number of hydrogen-bond acceptors (Lipinski definition) is 3. The number of benzene rings is 1. The molecule has 1 aromatic carbocycles. The number of para-hydroxylation sites is 2. The van der Waals surface area contributed by atoms with E-state index in [4.69, 9.17) is 4.74 Å². The van der Waals surface area contributed by atoms with E-state index in [1.54, 1.807) is 19.2 Å². The van der Waals surface area contributed by atoms with Gasteiger partial charge in [0.1, 0.15) is 5.75 Å². The van der Waals surface area contributed by atoms with Gasteiger partial charge in [0.25, 0.3) is 0 Å². The molecule has 0 aromatic heterocycles. The Labute approximate surface area is 113 Å². The Kier molecular flexibility index (Phi) is 3.66. The summed E-state index contributed by atoms with van der Waals surface area (Å²) in [6.45, 7) is 3.88. The molecule has 19 heavy (non-hydrogen) atoms. The van der Waals surface area contributed by atoms with Crippen LogP contribution in [0.3, 0.4) is 0 Å². The number of ether oxygens (including phenoxy) is 1. The monoisotopic (exact) mass is 264 g/mol. The second-order valence-electron chi connectivity index (χ2n) is 5.42. The minimum absolute atomic E-state index is 0.0165. The Hall–Kier alpha value is -1.75. The van der Waals surface area contributed by atoms with Crippen LogP contribution in [0, 0.1) is 5.41 Å². The molecule has 5 heteroatoms. The van der Waals surface area contributed by atoms with Gasteiger partial charge in [-0.1, -0.05) is 26.0 Å². The first kappa shape index (κ1) is 13.7. The van der Waals surface area contributed by atoms with Gasteiger partial charge in [-0.25, -0.2) is 4.79 Å². The molecule has 1 aliphatic rings. The number of aliphatic hydroxyl groups is 1. The molecule has 5 nitrogen and oxygen atoms in total. The normalized spacial score (nSPS) is 24.2. The Balaban J connectivity index is 1.95. The average molecular weight is 264 g/mol. The van der Waals surface area contributed by atoms with Crippen LogP contribution in [0.1, 0.15) is 20.3 Å². The fraction of sp³-hybridized carbons (Fsp3) is 0.500. The van der Waals surface area contributed by atoms with Crippen LogP contribution in [-0.2, 0) is 0 Å². The van der Waals surface area contributed by atoms with Crippen LogP contribution in [0.4, 0.5) is 10.5 Å². The lowest BCUT2D eigenvalue weighted by Gasteiger charge is -2.49. The molecule has 2 unspecified atom stereocenters. The first-order valence-electron chi connectivity index (χ1n) is 6.33. The maximum absolute atomic E-state index is 11.9. The van der Waals surface area contributed by atoms with Crippen molar-refractivity contribution in [3.63, 3.8) is 0 Å². The van der Waals surface area contributed by atoms with Crippen LogP contribution >= 0.6 is 0 Å². The number of rotatable bonds is 3. The van der Waals surface area contributed by atoms with Gasteiger partial charge in [-0.15, -0.1) is 0 Å². The van der Waals surface area contributed by atoms with E-state index in [0.717, 1.165) is 0 Å². The van der Waals surface area contributed by atoms with E-state index in [1.165, 1.54) is 0 Å². The summed E-state index contributed by atoms with van der Waals surface area (Å²) < 4.78 is 5.17. The highest BCUT2D eigenvalue weighted by Gasteiger charge is 2.47. The van der Waals surface area contributed by atoms with Gasteiger partial charge in [0.05, 0.1) is 18.9 Å². The molecule has 0 bridgehead atoms. The molecule has 0 aliphatic heterocycles. The van der Waals surface area contributed by atoms with Gasteiger partial charge >= 0.3 is 6.03 Å². The number of carbonyl (C=O) groups is 1. The summed E-state index contributed by atoms with van der Waals surface area (Å²) in [6, 6.07) is 6.93. The van der Waals surface area contributed by atoms with Crippen LogP contribution < -0.4 is 15.4 Å². The van der Waals surface area contributed by atoms with Gasteiger partial charge < -0.3 is 20.5 Å². The number of methoxy groups -OCH3 is 1. The predicted molar refractivity (Wildman–Crippen MR) is 73.3 cm³/mol. The number of amides is 2. The SMILES string of the molecule is COc1ccccc1NC(=O)NC1CC(O)C1(C)C. The van der Waals surface area contributed by atoms with Crippen LogP contribution in [0.25, 0.3) is 0 Å². The highest BCUT2D eigenvalue weighted by atomic mass is 16.5. The molecule has 2 atom stereocenters. The van der Waals surface area contributed by atoms with Gasteiger partial charge in [-0.2, -0.15) is 0 Å². The molecule has 3 N–H and O–H groups in total. The van der Waals surface area contributed by atoms with Crippen LogP contribution in [0.2, 0.25) is 0 Å². The lowest BCUT2D eigenvalue weighted by molar-refractivity contribution is -0.0673. The maximum atomic E-state index is 11.9. The zero-order valence-electron chi connectivity index (χ0n) is 11.4. The standard InChI is InChI=1S/C14H20N2O3/c1-14(2)11(8-12(14)17)16-13(18)15-9-6-4-5-7-10(9)19-3/h4-7,11-12,17H,8H2,1-3H3,(H2,15,16,18). The maximum Gasteiger partial charge on any atom is 0.319 e. The highest BCUT2D eigenvalue weighted by Crippen LogP contribution is 2.40. The second-order valence-corrected chi connectivity index (χ2v) is 5.42.